The van der Waals surface area contributed by atoms with Gasteiger partial charge in [0, 0.05) is 27.6 Å². The Balaban J connectivity index is 1.98. The molecule has 0 amide bonds. The molecule has 1 N–H and O–H groups in total. The van der Waals surface area contributed by atoms with E-state index in [2.05, 4.69) is 4.98 Å². The molecule has 0 aliphatic carbocycles. The quantitative estimate of drug-likeness (QED) is 0.594. The van der Waals surface area contributed by atoms with Crippen molar-refractivity contribution in [2.24, 2.45) is 0 Å². The van der Waals surface area contributed by atoms with Crippen LogP contribution in [0.1, 0.15) is 34.3 Å². The smallest absolute Gasteiger partial charge is 0.296 e. The molecule has 3 rings (SSSR count). The standard InChI is InChI=1S/C20H25FN4O6S/c1-23(2)32(29,30)24(3)15-12-31-11-10-25-19(15)22-17(18(27)20(25)28)16(26)9-6-13-4-7-14(21)8-5-13/h4-5,7-8,15,27H,6,9-12H2,1-3H3. The molecule has 12 heteroatoms. The first-order valence-electron chi connectivity index (χ1n) is 9.88. The maximum atomic E-state index is 13.1. The molecule has 1 atom stereocenters. The number of Topliss-reactive ketones (excluding diaryl/α,β-unsaturated/α-hetero) is 1. The third kappa shape index (κ3) is 4.72. The number of benzene rings is 1. The van der Waals surface area contributed by atoms with Gasteiger partial charge in [0.15, 0.2) is 11.5 Å². The molecule has 10 nitrogen and oxygen atoms in total. The zero-order valence-corrected chi connectivity index (χ0v) is 18.8. The van der Waals surface area contributed by atoms with Crippen LogP contribution in [-0.2, 0) is 27.9 Å². The van der Waals surface area contributed by atoms with E-state index >= 15 is 0 Å². The lowest BCUT2D eigenvalue weighted by Gasteiger charge is -2.29. The zero-order chi connectivity index (χ0) is 23.6. The van der Waals surface area contributed by atoms with Crippen LogP contribution in [0.15, 0.2) is 29.1 Å². The van der Waals surface area contributed by atoms with Gasteiger partial charge in [0.25, 0.3) is 15.8 Å². The van der Waals surface area contributed by atoms with Gasteiger partial charge in [0.2, 0.25) is 5.75 Å². The Labute approximate surface area is 185 Å². The van der Waals surface area contributed by atoms with Gasteiger partial charge in [-0.1, -0.05) is 12.1 Å². The monoisotopic (exact) mass is 468 g/mol. The number of aryl methyl sites for hydroxylation is 1. The van der Waals surface area contributed by atoms with Crippen LogP contribution in [0.5, 0.6) is 5.75 Å². The second-order valence-corrected chi connectivity index (χ2v) is 9.77. The summed E-state index contributed by atoms with van der Waals surface area (Å²) >= 11 is 0. The van der Waals surface area contributed by atoms with Crippen molar-refractivity contribution in [2.45, 2.75) is 25.4 Å². The molecule has 0 saturated carbocycles. The molecule has 1 aromatic heterocycles. The van der Waals surface area contributed by atoms with E-state index in [1.54, 1.807) is 0 Å². The van der Waals surface area contributed by atoms with E-state index in [0.29, 0.717) is 5.56 Å². The first-order valence-corrected chi connectivity index (χ1v) is 11.3. The van der Waals surface area contributed by atoms with Gasteiger partial charge < -0.3 is 9.84 Å². The predicted octanol–water partition coefficient (Wildman–Crippen LogP) is 0.713. The van der Waals surface area contributed by atoms with Crippen LogP contribution in [-0.4, -0.2) is 71.8 Å². The maximum Gasteiger partial charge on any atom is 0.296 e. The number of hydrogen-bond acceptors (Lipinski definition) is 7. The van der Waals surface area contributed by atoms with Crippen molar-refractivity contribution >= 4 is 16.0 Å². The van der Waals surface area contributed by atoms with Crippen LogP contribution in [0.3, 0.4) is 0 Å². The SMILES string of the molecule is CN(C)S(=O)(=O)N(C)C1COCCn2c1nc(C(=O)CCc1ccc(F)cc1)c(O)c2=O. The number of ketones is 1. The lowest BCUT2D eigenvalue weighted by Crippen LogP contribution is -2.43. The van der Waals surface area contributed by atoms with Crippen LogP contribution in [0.25, 0.3) is 0 Å². The van der Waals surface area contributed by atoms with Gasteiger partial charge in [-0.3, -0.25) is 14.2 Å². The topological polar surface area (TPSA) is 122 Å². The molecule has 1 unspecified atom stereocenters. The van der Waals surface area contributed by atoms with Crippen LogP contribution in [0, 0.1) is 5.82 Å². The summed E-state index contributed by atoms with van der Waals surface area (Å²) in [6, 6.07) is 4.64. The van der Waals surface area contributed by atoms with Gasteiger partial charge in [0.1, 0.15) is 17.7 Å². The van der Waals surface area contributed by atoms with Gasteiger partial charge in [-0.15, -0.1) is 0 Å². The minimum atomic E-state index is -3.89. The molecule has 0 radical (unpaired) electrons. The minimum Gasteiger partial charge on any atom is -0.501 e. The van der Waals surface area contributed by atoms with E-state index in [0.717, 1.165) is 13.2 Å². The van der Waals surface area contributed by atoms with Crippen LogP contribution < -0.4 is 5.56 Å². The summed E-state index contributed by atoms with van der Waals surface area (Å²) in [6.45, 7) is 0.0767. The van der Waals surface area contributed by atoms with Crippen molar-refractivity contribution in [1.29, 1.82) is 0 Å². The number of fused-ring (bicyclic) bond motifs is 1. The second kappa shape index (κ2) is 9.45. The highest BCUT2D eigenvalue weighted by Gasteiger charge is 2.35. The number of carbonyl (C=O) groups excluding carboxylic acids is 1. The van der Waals surface area contributed by atoms with Crippen molar-refractivity contribution in [2.75, 3.05) is 34.4 Å². The molecular weight excluding hydrogens is 443 g/mol. The van der Waals surface area contributed by atoms with Crippen molar-refractivity contribution in [3.05, 3.63) is 57.5 Å². The Kier molecular flexibility index (Phi) is 7.08. The van der Waals surface area contributed by atoms with E-state index in [-0.39, 0.29) is 38.4 Å². The largest absolute Gasteiger partial charge is 0.501 e. The highest BCUT2D eigenvalue weighted by molar-refractivity contribution is 7.86. The number of likely N-dealkylation sites (N-methyl/N-ethyl adjacent to an activating group) is 1. The number of aromatic nitrogens is 2. The van der Waals surface area contributed by atoms with Crippen molar-refractivity contribution in [3.8, 4) is 5.75 Å². The maximum absolute atomic E-state index is 13.1. The highest BCUT2D eigenvalue weighted by Crippen LogP contribution is 2.26. The number of carbonyl (C=O) groups is 1. The molecule has 0 fully saturated rings. The molecule has 174 valence electrons. The molecule has 32 heavy (non-hydrogen) atoms. The Morgan fingerprint density at radius 3 is 2.56 bits per heavy atom. The number of nitrogens with zero attached hydrogens (tertiary/aromatic N) is 4. The van der Waals surface area contributed by atoms with Crippen molar-refractivity contribution < 1.29 is 27.4 Å². The first-order chi connectivity index (χ1) is 15.0. The third-order valence-corrected chi connectivity index (χ3v) is 7.20. The predicted molar refractivity (Wildman–Crippen MR) is 113 cm³/mol. The number of aromatic hydroxyl groups is 1. The number of ether oxygens (including phenoxy) is 1. The van der Waals surface area contributed by atoms with Crippen LogP contribution >= 0.6 is 0 Å². The fourth-order valence-corrected chi connectivity index (χ4v) is 4.36. The number of halogens is 1. The first kappa shape index (κ1) is 24.0. The van der Waals surface area contributed by atoms with Crippen molar-refractivity contribution in [3.63, 3.8) is 0 Å². The Hall–Kier alpha value is -2.67. The van der Waals surface area contributed by atoms with E-state index in [4.69, 9.17) is 4.74 Å². The molecule has 0 saturated heterocycles. The van der Waals surface area contributed by atoms with Crippen LogP contribution in [0.2, 0.25) is 0 Å². The zero-order valence-electron chi connectivity index (χ0n) is 18.0. The Morgan fingerprint density at radius 2 is 1.94 bits per heavy atom. The van der Waals surface area contributed by atoms with Gasteiger partial charge in [-0.25, -0.2) is 9.37 Å². The third-order valence-electron chi connectivity index (χ3n) is 5.29. The minimum absolute atomic E-state index is 0.0170. The summed E-state index contributed by atoms with van der Waals surface area (Å²) in [7, 11) is 0.172. The molecular formula is C20H25FN4O6S. The van der Waals surface area contributed by atoms with Gasteiger partial charge in [-0.05, 0) is 24.1 Å². The molecule has 1 aromatic carbocycles. The lowest BCUT2D eigenvalue weighted by atomic mass is 10.1. The van der Waals surface area contributed by atoms with E-state index < -0.39 is 44.9 Å². The Morgan fingerprint density at radius 1 is 1.28 bits per heavy atom. The molecule has 0 spiro atoms. The Bertz CT molecular complexity index is 1160. The summed E-state index contributed by atoms with van der Waals surface area (Å²) in [5.74, 6) is -1.77. The fourth-order valence-electron chi connectivity index (χ4n) is 3.36. The summed E-state index contributed by atoms with van der Waals surface area (Å²) in [5.41, 5.74) is -0.564. The van der Waals surface area contributed by atoms with E-state index in [9.17, 15) is 27.5 Å². The second-order valence-electron chi connectivity index (χ2n) is 7.57. The summed E-state index contributed by atoms with van der Waals surface area (Å²) in [5, 5.41) is 10.4. The normalized spacial score (nSPS) is 16.8. The summed E-state index contributed by atoms with van der Waals surface area (Å²) in [6.07, 6.45) is 0.169. The molecule has 0 bridgehead atoms. The molecule has 1 aliphatic heterocycles. The van der Waals surface area contributed by atoms with E-state index in [1.165, 1.54) is 45.4 Å². The fraction of sp³-hybridized carbons (Fsp3) is 0.450. The van der Waals surface area contributed by atoms with Gasteiger partial charge in [-0.2, -0.15) is 17.0 Å². The lowest BCUT2D eigenvalue weighted by molar-refractivity contribution is 0.0968. The molecule has 1 aliphatic rings. The average Bonchev–Trinajstić information content (AvgIpc) is 2.97. The van der Waals surface area contributed by atoms with Gasteiger partial charge >= 0.3 is 0 Å². The molecule has 2 heterocycles. The summed E-state index contributed by atoms with van der Waals surface area (Å²) in [4.78, 5) is 29.8. The number of rotatable bonds is 7. The van der Waals surface area contributed by atoms with Gasteiger partial charge in [0.05, 0.1) is 19.8 Å². The summed E-state index contributed by atoms with van der Waals surface area (Å²) < 4.78 is 47.0. The van der Waals surface area contributed by atoms with E-state index in [1.807, 2.05) is 0 Å². The molecule has 2 aromatic rings. The van der Waals surface area contributed by atoms with Crippen LogP contribution in [0.4, 0.5) is 4.39 Å². The van der Waals surface area contributed by atoms with Crippen molar-refractivity contribution in [1.82, 2.24) is 18.2 Å². The average molecular weight is 469 g/mol. The number of hydrogen-bond donors (Lipinski definition) is 1. The highest BCUT2D eigenvalue weighted by atomic mass is 32.2.